The van der Waals surface area contributed by atoms with Crippen molar-refractivity contribution in [3.8, 4) is 0 Å². The lowest BCUT2D eigenvalue weighted by Crippen LogP contribution is -2.29. The second kappa shape index (κ2) is 9.30. The molecule has 1 aliphatic rings. The highest BCUT2D eigenvalue weighted by Gasteiger charge is 2.31. The van der Waals surface area contributed by atoms with Crippen molar-refractivity contribution in [2.24, 2.45) is 11.8 Å². The topological polar surface area (TPSA) is 31.9 Å². The van der Waals surface area contributed by atoms with E-state index in [1.165, 1.54) is 6.07 Å². The quantitative estimate of drug-likeness (QED) is 0.488. The summed E-state index contributed by atoms with van der Waals surface area (Å²) >= 11 is 0. The van der Waals surface area contributed by atoms with E-state index in [1.54, 1.807) is 38.1 Å². The molecule has 1 heterocycles. The monoisotopic (exact) mass is 420 g/mol. The molecule has 4 rings (SSSR count). The van der Waals surface area contributed by atoms with E-state index in [2.05, 4.69) is 9.97 Å². The molecule has 0 aliphatic heterocycles. The number of aromatic amines is 1. The van der Waals surface area contributed by atoms with Gasteiger partial charge in [0.15, 0.2) is 0 Å². The molecule has 0 spiro atoms. The van der Waals surface area contributed by atoms with Crippen molar-refractivity contribution in [2.75, 3.05) is 20.0 Å². The first-order valence-corrected chi connectivity index (χ1v) is 10.0. The number of H-pyrrole nitrogens is 1. The largest absolute Gasteiger partial charge is 0.342 e. The van der Waals surface area contributed by atoms with Gasteiger partial charge in [-0.2, -0.15) is 0 Å². The van der Waals surface area contributed by atoms with Crippen molar-refractivity contribution in [3.05, 3.63) is 65.2 Å². The Morgan fingerprint density at radius 3 is 3.00 bits per heavy atom. The zero-order valence-corrected chi connectivity index (χ0v) is 17.0. The van der Waals surface area contributed by atoms with Gasteiger partial charge in [-0.05, 0) is 98.7 Å². The number of aryl methyl sites for hydroxylation is 2. The highest BCUT2D eigenvalue weighted by Crippen LogP contribution is 2.42. The number of hydrogen-bond donors (Lipinski definition) is 1. The SMILES string of the molecule is [2H]C([2H])([2H])N(CCC1[C@H](C(C)C)c2ccc(F)cc2C([2H])([2H])C1([2H])[2H])C([2H])([2H])C([2H])([2H])C([2H])([2H])c1nc2ccccc2[nH]1. The normalized spacial score (nSPS) is 30.6. The van der Waals surface area contributed by atoms with Crippen LogP contribution >= 0.6 is 0 Å². The fourth-order valence-electron chi connectivity index (χ4n) is 3.97. The molecule has 1 unspecified atom stereocenters. The van der Waals surface area contributed by atoms with Gasteiger partial charge in [-0.1, -0.05) is 32.0 Å². The van der Waals surface area contributed by atoms with E-state index < -0.39 is 75.4 Å². The van der Waals surface area contributed by atoms with Gasteiger partial charge in [0, 0.05) is 24.2 Å². The average molecular weight is 421 g/mol. The van der Waals surface area contributed by atoms with Crippen molar-refractivity contribution < 1.29 is 22.2 Å². The number of para-hydroxylation sites is 2. The van der Waals surface area contributed by atoms with Gasteiger partial charge >= 0.3 is 0 Å². The zero-order chi connectivity index (χ0) is 32.6. The average Bonchev–Trinajstić information content (AvgIpc) is 3.32. The van der Waals surface area contributed by atoms with Crippen LogP contribution < -0.4 is 0 Å². The highest BCUT2D eigenvalue weighted by molar-refractivity contribution is 5.74. The molecule has 1 N–H and O–H groups in total. The van der Waals surface area contributed by atoms with Crippen LogP contribution in [-0.4, -0.2) is 34.9 Å². The van der Waals surface area contributed by atoms with Crippen LogP contribution in [0.1, 0.15) is 73.7 Å². The number of imidazole rings is 1. The van der Waals surface area contributed by atoms with Crippen molar-refractivity contribution in [1.82, 2.24) is 14.9 Å². The summed E-state index contributed by atoms with van der Waals surface area (Å²) in [5.41, 5.74) is 0.894. The molecule has 2 atom stereocenters. The maximum atomic E-state index is 14.1. The van der Waals surface area contributed by atoms with Crippen LogP contribution in [-0.2, 0) is 12.7 Å². The Balaban J connectivity index is 1.74. The van der Waals surface area contributed by atoms with Gasteiger partial charge in [0.25, 0.3) is 0 Å². The van der Waals surface area contributed by atoms with Gasteiger partial charge in [0.1, 0.15) is 11.6 Å². The fraction of sp³-hybridized carbons (Fsp3) is 0.500. The minimum Gasteiger partial charge on any atom is -0.342 e. The Labute approximate surface area is 198 Å². The van der Waals surface area contributed by atoms with E-state index in [0.717, 1.165) is 12.1 Å². The third-order valence-corrected chi connectivity index (χ3v) is 5.34. The maximum absolute atomic E-state index is 14.1. The summed E-state index contributed by atoms with van der Waals surface area (Å²) in [5, 5.41) is 0. The first kappa shape index (κ1) is 10.4. The van der Waals surface area contributed by atoms with Crippen molar-refractivity contribution >= 4 is 11.0 Å². The van der Waals surface area contributed by atoms with Crippen LogP contribution in [0.4, 0.5) is 4.39 Å². The maximum Gasteiger partial charge on any atom is 0.123 e. The third kappa shape index (κ3) is 4.75. The minimum atomic E-state index is -3.51. The molecule has 0 saturated heterocycles. The van der Waals surface area contributed by atoms with Gasteiger partial charge in [-0.3, -0.25) is 0 Å². The molecule has 4 heteroatoms. The number of nitrogens with zero attached hydrogens (tertiary/aromatic N) is 2. The van der Waals surface area contributed by atoms with E-state index in [0.29, 0.717) is 16.6 Å². The smallest absolute Gasteiger partial charge is 0.123 e. The Morgan fingerprint density at radius 2 is 2.20 bits per heavy atom. The molecule has 0 fully saturated rings. The lowest BCUT2D eigenvalue weighted by Gasteiger charge is -2.37. The summed E-state index contributed by atoms with van der Waals surface area (Å²) in [7, 11) is 0. The van der Waals surface area contributed by atoms with Crippen LogP contribution in [0.25, 0.3) is 11.0 Å². The standard InChI is InChI=1S/C26H34FN3/c1-18(2)26-19(10-11-20-17-21(27)12-13-22(20)26)14-16-30(3)15-6-9-25-28-23-7-4-5-8-24(23)29-25/h4-5,7-8,12-13,17-19,26H,6,9-11,14-16H2,1-3H3,(H,28,29)/t19?,26-/m0/s1/i3D3,6D2,9D2,10D2,11D2,15D2. The molecule has 0 radical (unpaired) electrons. The first-order valence-electron chi connectivity index (χ1n) is 16.5. The number of fused-ring (bicyclic) bond motifs is 2. The molecule has 30 heavy (non-hydrogen) atoms. The van der Waals surface area contributed by atoms with E-state index in [9.17, 15) is 4.39 Å². The molecular formula is C26H34FN3. The lowest BCUT2D eigenvalue weighted by atomic mass is 9.69. The number of hydrogen-bond acceptors (Lipinski definition) is 2. The Morgan fingerprint density at radius 1 is 1.33 bits per heavy atom. The number of halogens is 1. The van der Waals surface area contributed by atoms with Crippen LogP contribution in [0.2, 0.25) is 0 Å². The van der Waals surface area contributed by atoms with Crippen LogP contribution in [0.5, 0.6) is 0 Å². The molecule has 160 valence electrons. The van der Waals surface area contributed by atoms with Gasteiger partial charge in [0.05, 0.1) is 11.0 Å². The second-order valence-corrected chi connectivity index (χ2v) is 7.78. The molecule has 3 nitrogen and oxygen atoms in total. The van der Waals surface area contributed by atoms with Gasteiger partial charge in [0.2, 0.25) is 0 Å². The lowest BCUT2D eigenvalue weighted by molar-refractivity contribution is 0.238. The van der Waals surface area contributed by atoms with Crippen LogP contribution in [0.15, 0.2) is 42.5 Å². The molecule has 1 aromatic heterocycles. The third-order valence-electron chi connectivity index (χ3n) is 5.34. The van der Waals surface area contributed by atoms with E-state index in [1.807, 2.05) is 0 Å². The number of aromatic nitrogens is 2. The van der Waals surface area contributed by atoms with E-state index >= 15 is 0 Å². The zero-order valence-electron chi connectivity index (χ0n) is 30.0. The van der Waals surface area contributed by atoms with Gasteiger partial charge in [-0.15, -0.1) is 0 Å². The number of nitrogens with one attached hydrogen (secondary N) is 1. The van der Waals surface area contributed by atoms with Crippen LogP contribution in [0, 0.1) is 17.7 Å². The predicted octanol–water partition coefficient (Wildman–Crippen LogP) is 5.96. The predicted molar refractivity (Wildman–Crippen MR) is 122 cm³/mol. The minimum absolute atomic E-state index is 0.147. The van der Waals surface area contributed by atoms with Crippen molar-refractivity contribution in [1.29, 1.82) is 0 Å². The Hall–Kier alpha value is -2.20. The summed E-state index contributed by atoms with van der Waals surface area (Å²) < 4.78 is 125. The molecule has 0 amide bonds. The van der Waals surface area contributed by atoms with Crippen LogP contribution in [0.3, 0.4) is 0 Å². The number of rotatable bonds is 8. The van der Waals surface area contributed by atoms with Crippen molar-refractivity contribution in [3.63, 3.8) is 0 Å². The second-order valence-electron chi connectivity index (χ2n) is 7.78. The first-order chi connectivity index (χ1) is 19.5. The van der Waals surface area contributed by atoms with E-state index in [-0.39, 0.29) is 16.4 Å². The van der Waals surface area contributed by atoms with Gasteiger partial charge in [-0.25, -0.2) is 9.37 Å². The summed E-state index contributed by atoms with van der Waals surface area (Å²) in [6, 6.07) is 9.91. The molecule has 0 saturated carbocycles. The molecule has 3 aromatic rings. The molecule has 0 bridgehead atoms. The number of benzene rings is 2. The molecule has 2 aromatic carbocycles. The molecular weight excluding hydrogens is 373 g/mol. The van der Waals surface area contributed by atoms with Crippen molar-refractivity contribution in [2.45, 2.75) is 51.7 Å². The Kier molecular flexibility index (Phi) is 3.23. The Bertz CT molecular complexity index is 1450. The van der Waals surface area contributed by atoms with Gasteiger partial charge < -0.3 is 9.88 Å². The summed E-state index contributed by atoms with van der Waals surface area (Å²) in [4.78, 5) is 6.94. The summed E-state index contributed by atoms with van der Waals surface area (Å²) in [6.45, 7) is -4.02. The highest BCUT2D eigenvalue weighted by atomic mass is 19.1. The molecule has 1 aliphatic carbocycles. The fourth-order valence-corrected chi connectivity index (χ4v) is 3.97. The summed E-state index contributed by atoms with van der Waals surface area (Å²) in [6.07, 6.45) is -12.4. The summed E-state index contributed by atoms with van der Waals surface area (Å²) in [5.74, 6) is -3.51. The van der Waals surface area contributed by atoms with E-state index in [4.69, 9.17) is 17.8 Å².